The first-order chi connectivity index (χ1) is 18.2. The molecule has 5 rings (SSSR count). The molecular weight excluding hydrogens is 568 g/mol. The number of thioether (sulfide) groups is 1. The van der Waals surface area contributed by atoms with E-state index in [-0.39, 0.29) is 21.3 Å². The third-order valence-corrected chi connectivity index (χ3v) is 8.59. The topological polar surface area (TPSA) is 83.4 Å². The number of Topliss-reactive ketones (excluding diaryl/α,β-unsaturated/α-hetero) is 1. The van der Waals surface area contributed by atoms with Crippen molar-refractivity contribution in [1.29, 1.82) is 0 Å². The Hall–Kier alpha value is -3.24. The molecule has 4 aromatic rings. The van der Waals surface area contributed by atoms with E-state index >= 15 is 0 Å². The van der Waals surface area contributed by atoms with Crippen LogP contribution in [-0.2, 0) is 15.3 Å². The van der Waals surface area contributed by atoms with Gasteiger partial charge in [-0.2, -0.15) is 0 Å². The Morgan fingerprint density at radius 3 is 2.45 bits per heavy atom. The minimum absolute atomic E-state index is 0.172. The van der Waals surface area contributed by atoms with E-state index in [9.17, 15) is 19.1 Å². The second kappa shape index (κ2) is 10.9. The van der Waals surface area contributed by atoms with Crippen molar-refractivity contribution in [3.05, 3.63) is 110 Å². The van der Waals surface area contributed by atoms with Gasteiger partial charge in [0.05, 0.1) is 11.6 Å². The first kappa shape index (κ1) is 26.4. The number of aliphatic hydroxyl groups is 1. The summed E-state index contributed by atoms with van der Waals surface area (Å²) in [4.78, 5) is 27.8. The molecule has 1 aliphatic heterocycles. The molecule has 38 heavy (non-hydrogen) atoms. The van der Waals surface area contributed by atoms with Crippen LogP contribution in [0.5, 0.6) is 0 Å². The molecule has 11 heteroatoms. The lowest BCUT2D eigenvalue weighted by Gasteiger charge is -2.23. The zero-order chi connectivity index (χ0) is 27.0. The summed E-state index contributed by atoms with van der Waals surface area (Å²) in [6.45, 7) is 2.02. The molecule has 0 spiro atoms. The van der Waals surface area contributed by atoms with Crippen molar-refractivity contribution in [2.24, 2.45) is 0 Å². The maximum atomic E-state index is 13.5. The number of nitrogens with zero attached hydrogens (tertiary/aromatic N) is 3. The predicted molar refractivity (Wildman–Crippen MR) is 148 cm³/mol. The maximum absolute atomic E-state index is 13.5. The molecule has 0 aliphatic carbocycles. The van der Waals surface area contributed by atoms with Crippen LogP contribution in [0.4, 0.5) is 9.52 Å². The van der Waals surface area contributed by atoms with E-state index in [0.29, 0.717) is 20.7 Å². The van der Waals surface area contributed by atoms with Gasteiger partial charge in [0, 0.05) is 21.4 Å². The Bertz CT molecular complexity index is 1570. The summed E-state index contributed by atoms with van der Waals surface area (Å²) in [6, 6.07) is 16.6. The summed E-state index contributed by atoms with van der Waals surface area (Å²) in [5.41, 5.74) is 2.60. The number of aromatic nitrogens is 2. The van der Waals surface area contributed by atoms with Crippen molar-refractivity contribution in [3.63, 3.8) is 0 Å². The smallest absolute Gasteiger partial charge is 0.301 e. The minimum atomic E-state index is -1.10. The molecule has 192 valence electrons. The van der Waals surface area contributed by atoms with Gasteiger partial charge in [-0.15, -0.1) is 10.2 Å². The van der Waals surface area contributed by atoms with E-state index in [1.165, 1.54) is 34.9 Å². The monoisotopic (exact) mass is 585 g/mol. The molecular formula is C27H18Cl2FN3O3S2. The summed E-state index contributed by atoms with van der Waals surface area (Å²) in [7, 11) is 0. The van der Waals surface area contributed by atoms with E-state index < -0.39 is 29.3 Å². The van der Waals surface area contributed by atoms with Crippen molar-refractivity contribution >= 4 is 68.9 Å². The van der Waals surface area contributed by atoms with Crippen LogP contribution in [0.25, 0.3) is 5.76 Å². The number of anilines is 1. The van der Waals surface area contributed by atoms with Crippen LogP contribution >= 0.6 is 46.3 Å². The van der Waals surface area contributed by atoms with Crippen LogP contribution in [-0.4, -0.2) is 27.0 Å². The molecule has 0 saturated carbocycles. The van der Waals surface area contributed by atoms with E-state index in [1.807, 2.05) is 31.2 Å². The van der Waals surface area contributed by atoms with Gasteiger partial charge in [0.15, 0.2) is 4.34 Å². The van der Waals surface area contributed by atoms with Gasteiger partial charge in [-0.25, -0.2) is 4.39 Å². The molecule has 6 nitrogen and oxygen atoms in total. The van der Waals surface area contributed by atoms with Crippen LogP contribution in [0.1, 0.15) is 28.3 Å². The zero-order valence-corrected chi connectivity index (χ0v) is 22.8. The Morgan fingerprint density at radius 2 is 1.76 bits per heavy atom. The number of benzene rings is 3. The lowest BCUT2D eigenvalue weighted by atomic mass is 9.95. The molecule has 1 N–H and O–H groups in total. The van der Waals surface area contributed by atoms with Gasteiger partial charge in [-0.05, 0) is 54.4 Å². The summed E-state index contributed by atoms with van der Waals surface area (Å²) in [5, 5.41) is 20.3. The number of carbonyl (C=O) groups is 2. The quantitative estimate of drug-likeness (QED) is 0.0845. The van der Waals surface area contributed by atoms with Gasteiger partial charge in [-0.3, -0.25) is 14.5 Å². The fourth-order valence-electron chi connectivity index (χ4n) is 4.00. The molecule has 3 aromatic carbocycles. The summed E-state index contributed by atoms with van der Waals surface area (Å²) < 4.78 is 14.1. The number of carbonyl (C=O) groups excluding carboxylic acids is 2. The molecule has 1 unspecified atom stereocenters. The molecule has 0 bridgehead atoms. The molecule has 1 saturated heterocycles. The second-order valence-electron chi connectivity index (χ2n) is 8.47. The maximum Gasteiger partial charge on any atom is 0.301 e. The average molecular weight is 586 g/mol. The molecule has 0 radical (unpaired) electrons. The number of hydrogen-bond acceptors (Lipinski definition) is 7. The van der Waals surface area contributed by atoms with Gasteiger partial charge in [0.2, 0.25) is 5.13 Å². The first-order valence-corrected chi connectivity index (χ1v) is 13.8. The number of aliphatic hydroxyl groups excluding tert-OH is 1. The van der Waals surface area contributed by atoms with Crippen LogP contribution in [0.15, 0.2) is 76.6 Å². The van der Waals surface area contributed by atoms with Gasteiger partial charge in [-0.1, -0.05) is 82.2 Å². The Balaban J connectivity index is 1.56. The first-order valence-electron chi connectivity index (χ1n) is 11.3. The van der Waals surface area contributed by atoms with Crippen LogP contribution in [0, 0.1) is 12.7 Å². The van der Waals surface area contributed by atoms with E-state index in [1.54, 1.807) is 12.1 Å². The van der Waals surface area contributed by atoms with Gasteiger partial charge < -0.3 is 5.11 Å². The minimum Gasteiger partial charge on any atom is -0.507 e. The van der Waals surface area contributed by atoms with Crippen molar-refractivity contribution in [1.82, 2.24) is 10.2 Å². The highest BCUT2D eigenvalue weighted by Gasteiger charge is 2.49. The fourth-order valence-corrected chi connectivity index (χ4v) is 6.33. The Morgan fingerprint density at radius 1 is 1.05 bits per heavy atom. The van der Waals surface area contributed by atoms with Crippen molar-refractivity contribution in [3.8, 4) is 0 Å². The third kappa shape index (κ3) is 5.19. The average Bonchev–Trinajstić information content (AvgIpc) is 3.46. The van der Waals surface area contributed by atoms with Crippen molar-refractivity contribution < 1.29 is 19.1 Å². The van der Waals surface area contributed by atoms with E-state index in [2.05, 4.69) is 10.2 Å². The molecule has 1 amide bonds. The summed E-state index contributed by atoms with van der Waals surface area (Å²) >= 11 is 15.2. The number of rotatable bonds is 6. The molecule has 2 heterocycles. The van der Waals surface area contributed by atoms with Crippen LogP contribution < -0.4 is 4.90 Å². The lowest BCUT2D eigenvalue weighted by molar-refractivity contribution is -0.132. The largest absolute Gasteiger partial charge is 0.507 e. The fraction of sp³-hybridized carbons (Fsp3) is 0.111. The second-order valence-corrected chi connectivity index (χ2v) is 11.5. The third-order valence-electron chi connectivity index (χ3n) is 5.90. The molecule has 1 aliphatic rings. The van der Waals surface area contributed by atoms with Crippen LogP contribution in [0.2, 0.25) is 10.0 Å². The number of halogens is 3. The SMILES string of the molecule is Cc1ccc(CSc2nnc(N3C(=O)C(=O)/C(=C(\O)c4ccc(F)cc4)C3c3ccc(Cl)cc3Cl)s2)cc1. The number of ketones is 1. The highest BCUT2D eigenvalue weighted by molar-refractivity contribution is 8.00. The molecule has 1 atom stereocenters. The van der Waals surface area contributed by atoms with Gasteiger partial charge >= 0.3 is 5.91 Å². The van der Waals surface area contributed by atoms with E-state index in [0.717, 1.165) is 34.6 Å². The molecule has 1 fully saturated rings. The number of hydrogen-bond donors (Lipinski definition) is 1. The number of aryl methyl sites for hydroxylation is 1. The summed E-state index contributed by atoms with van der Waals surface area (Å²) in [6.07, 6.45) is 0. The Labute approximate surface area is 235 Å². The lowest BCUT2D eigenvalue weighted by Crippen LogP contribution is -2.29. The standard InChI is InChI=1S/C27H18Cl2FN3O3S2/c1-14-2-4-15(5-3-14)13-37-27-32-31-26(38-27)33-22(19-11-8-17(28)12-20(19)29)21(24(35)25(33)36)23(34)16-6-9-18(30)10-7-16/h2-12,22,34H,13H2,1H3/b23-21-. The highest BCUT2D eigenvalue weighted by atomic mass is 35.5. The van der Waals surface area contributed by atoms with E-state index in [4.69, 9.17) is 23.2 Å². The predicted octanol–water partition coefficient (Wildman–Crippen LogP) is 7.21. The van der Waals surface area contributed by atoms with Crippen molar-refractivity contribution in [2.45, 2.75) is 23.1 Å². The highest BCUT2D eigenvalue weighted by Crippen LogP contribution is 2.46. The molecule has 1 aromatic heterocycles. The zero-order valence-electron chi connectivity index (χ0n) is 19.7. The van der Waals surface area contributed by atoms with Crippen LogP contribution in [0.3, 0.4) is 0 Å². The summed E-state index contributed by atoms with van der Waals surface area (Å²) in [5.74, 6) is -2.14. The van der Waals surface area contributed by atoms with Gasteiger partial charge in [0.25, 0.3) is 5.78 Å². The Kier molecular flexibility index (Phi) is 7.54. The normalized spacial score (nSPS) is 16.8. The van der Waals surface area contributed by atoms with Gasteiger partial charge in [0.1, 0.15) is 11.6 Å². The van der Waals surface area contributed by atoms with Crippen molar-refractivity contribution in [2.75, 3.05) is 4.90 Å². The number of amides is 1.